The highest BCUT2D eigenvalue weighted by Gasteiger charge is 2.53. The van der Waals surface area contributed by atoms with Gasteiger partial charge in [0.25, 0.3) is 0 Å². The lowest BCUT2D eigenvalue weighted by atomic mass is 9.97. The van der Waals surface area contributed by atoms with E-state index in [-0.39, 0.29) is 12.4 Å². The molecule has 2 amide bonds. The minimum atomic E-state index is -4.90. The molecule has 2 aliphatic heterocycles. The zero-order chi connectivity index (χ0) is 18.1. The van der Waals surface area contributed by atoms with E-state index in [2.05, 4.69) is 19.1 Å². The van der Waals surface area contributed by atoms with Crippen LogP contribution in [-0.2, 0) is 28.8 Å². The van der Waals surface area contributed by atoms with Gasteiger partial charge >= 0.3 is 22.2 Å². The van der Waals surface area contributed by atoms with E-state index in [0.29, 0.717) is 16.3 Å². The van der Waals surface area contributed by atoms with Crippen LogP contribution in [0.25, 0.3) is 0 Å². The van der Waals surface area contributed by atoms with Gasteiger partial charge in [-0.15, -0.1) is 4.28 Å². The normalized spacial score (nSPS) is 22.6. The molecule has 2 aromatic heterocycles. The standard InChI is InChI=1S/C11H12N6O7S/c1-14-9(13-23-11(14)19)8-7-5(3-12-15(7)2)6-4-16(8)10(18)17(6)24-25(20,21)22/h3,6,8H,4H2,1-2H3,(H,20,21,22). The average Bonchev–Trinajstić information content (AvgIpc) is 3.14. The number of hydrogen-bond acceptors (Lipinski definition) is 8. The van der Waals surface area contributed by atoms with E-state index in [1.165, 1.54) is 22.8 Å². The van der Waals surface area contributed by atoms with Crippen LogP contribution in [0.1, 0.15) is 29.2 Å². The highest BCUT2D eigenvalue weighted by atomic mass is 32.3. The Labute approximate surface area is 139 Å². The summed E-state index contributed by atoms with van der Waals surface area (Å²) in [4.78, 5) is 25.5. The van der Waals surface area contributed by atoms with Crippen LogP contribution in [0.15, 0.2) is 15.5 Å². The van der Waals surface area contributed by atoms with E-state index in [4.69, 9.17) is 4.55 Å². The Morgan fingerprint density at radius 1 is 1.36 bits per heavy atom. The number of amides is 2. The van der Waals surface area contributed by atoms with E-state index in [1.54, 1.807) is 7.05 Å². The van der Waals surface area contributed by atoms with Gasteiger partial charge < -0.3 is 4.90 Å². The van der Waals surface area contributed by atoms with Crippen LogP contribution in [-0.4, -0.2) is 55.0 Å². The molecule has 4 rings (SSSR count). The maximum absolute atomic E-state index is 12.6. The molecule has 1 fully saturated rings. The van der Waals surface area contributed by atoms with Crippen molar-refractivity contribution in [3.05, 3.63) is 33.8 Å². The molecule has 25 heavy (non-hydrogen) atoms. The molecule has 0 saturated carbocycles. The van der Waals surface area contributed by atoms with E-state index in [1.807, 2.05) is 0 Å². The van der Waals surface area contributed by atoms with Crippen molar-refractivity contribution in [3.8, 4) is 0 Å². The second-order valence-electron chi connectivity index (χ2n) is 5.66. The smallest absolute Gasteiger partial charge is 0.304 e. The quantitative estimate of drug-likeness (QED) is 0.649. The van der Waals surface area contributed by atoms with Crippen LogP contribution in [0.3, 0.4) is 0 Å². The molecule has 0 spiro atoms. The van der Waals surface area contributed by atoms with Gasteiger partial charge in [0.2, 0.25) is 0 Å². The van der Waals surface area contributed by atoms with Crippen molar-refractivity contribution in [2.45, 2.75) is 12.1 Å². The molecule has 13 nitrogen and oxygen atoms in total. The van der Waals surface area contributed by atoms with E-state index >= 15 is 0 Å². The summed E-state index contributed by atoms with van der Waals surface area (Å²) in [6.45, 7) is 0.0543. The van der Waals surface area contributed by atoms with E-state index < -0.39 is 34.3 Å². The van der Waals surface area contributed by atoms with Gasteiger partial charge in [-0.1, -0.05) is 5.16 Å². The van der Waals surface area contributed by atoms with Crippen LogP contribution in [0.2, 0.25) is 0 Å². The zero-order valence-corrected chi connectivity index (χ0v) is 13.7. The molecule has 1 saturated heterocycles. The van der Waals surface area contributed by atoms with Gasteiger partial charge in [0.15, 0.2) is 5.82 Å². The summed E-state index contributed by atoms with van der Waals surface area (Å²) < 4.78 is 42.8. The molecular weight excluding hydrogens is 360 g/mol. The Kier molecular flexibility index (Phi) is 3.10. The number of fused-ring (bicyclic) bond motifs is 4. The molecule has 2 aromatic rings. The number of carbonyl (C=O) groups is 1. The van der Waals surface area contributed by atoms with Crippen molar-refractivity contribution < 1.29 is 26.6 Å². The lowest BCUT2D eigenvalue weighted by Crippen LogP contribution is -2.38. The summed E-state index contributed by atoms with van der Waals surface area (Å²) in [5.74, 6) is -0.561. The number of carbonyl (C=O) groups excluding carboxylic acids is 1. The minimum Gasteiger partial charge on any atom is -0.304 e. The molecular formula is C11H12N6O7S. The molecule has 1 N–H and O–H groups in total. The van der Waals surface area contributed by atoms with Gasteiger partial charge in [-0.3, -0.25) is 18.3 Å². The fourth-order valence-corrected chi connectivity index (χ4v) is 3.59. The number of hydrogen-bond donors (Lipinski definition) is 1. The molecule has 0 radical (unpaired) electrons. The van der Waals surface area contributed by atoms with Crippen LogP contribution < -0.4 is 5.76 Å². The number of urea groups is 1. The Morgan fingerprint density at radius 2 is 2.08 bits per heavy atom. The molecule has 0 aromatic carbocycles. The fourth-order valence-electron chi connectivity index (χ4n) is 3.22. The number of aromatic nitrogens is 4. The van der Waals surface area contributed by atoms with Gasteiger partial charge in [-0.05, 0) is 0 Å². The summed E-state index contributed by atoms with van der Waals surface area (Å²) >= 11 is 0. The van der Waals surface area contributed by atoms with Crippen LogP contribution in [0.4, 0.5) is 4.79 Å². The molecule has 4 heterocycles. The number of aryl methyl sites for hydroxylation is 1. The van der Waals surface area contributed by atoms with Crippen LogP contribution >= 0.6 is 0 Å². The second-order valence-corrected chi connectivity index (χ2v) is 6.66. The number of nitrogens with zero attached hydrogens (tertiary/aromatic N) is 6. The largest absolute Gasteiger partial charge is 0.441 e. The third-order valence-corrected chi connectivity index (χ3v) is 4.63. The van der Waals surface area contributed by atoms with Gasteiger partial charge in [0, 0.05) is 19.7 Å². The van der Waals surface area contributed by atoms with Crippen molar-refractivity contribution in [2.75, 3.05) is 6.54 Å². The summed E-state index contributed by atoms with van der Waals surface area (Å²) in [6, 6.07) is -2.43. The molecule has 14 heteroatoms. The highest BCUT2D eigenvalue weighted by molar-refractivity contribution is 7.80. The third-order valence-electron chi connectivity index (χ3n) is 4.28. The van der Waals surface area contributed by atoms with E-state index in [0.717, 1.165) is 4.57 Å². The summed E-state index contributed by atoms with van der Waals surface area (Å²) in [5.41, 5.74) is 1.03. The Hall–Kier alpha value is -2.71. The zero-order valence-electron chi connectivity index (χ0n) is 12.9. The van der Waals surface area contributed by atoms with E-state index in [9.17, 15) is 18.0 Å². The molecule has 2 atom stereocenters. The van der Waals surface area contributed by atoms with Crippen molar-refractivity contribution in [3.63, 3.8) is 0 Å². The van der Waals surface area contributed by atoms with Gasteiger partial charge in [0.05, 0.1) is 18.4 Å². The summed E-state index contributed by atoms with van der Waals surface area (Å²) in [5, 5.41) is 8.41. The predicted octanol–water partition coefficient (Wildman–Crippen LogP) is -1.28. The summed E-state index contributed by atoms with van der Waals surface area (Å²) in [6.07, 6.45) is 1.46. The van der Waals surface area contributed by atoms with Gasteiger partial charge in [0.1, 0.15) is 12.1 Å². The fraction of sp³-hybridized carbons (Fsp3) is 0.455. The topological polar surface area (TPSA) is 153 Å². The molecule has 2 bridgehead atoms. The van der Waals surface area contributed by atoms with Crippen molar-refractivity contribution in [1.82, 2.24) is 29.5 Å². The number of hydroxylamine groups is 2. The highest BCUT2D eigenvalue weighted by Crippen LogP contribution is 2.45. The van der Waals surface area contributed by atoms with Gasteiger partial charge in [-0.2, -0.15) is 18.6 Å². The third kappa shape index (κ3) is 2.18. The van der Waals surface area contributed by atoms with Gasteiger partial charge in [-0.25, -0.2) is 9.59 Å². The lowest BCUT2D eigenvalue weighted by Gasteiger charge is -2.29. The summed E-state index contributed by atoms with van der Waals surface area (Å²) in [7, 11) is -1.83. The van der Waals surface area contributed by atoms with Crippen LogP contribution in [0, 0.1) is 0 Å². The Balaban J connectivity index is 1.89. The molecule has 2 unspecified atom stereocenters. The van der Waals surface area contributed by atoms with Crippen molar-refractivity contribution >= 4 is 16.4 Å². The monoisotopic (exact) mass is 372 g/mol. The molecule has 2 aliphatic rings. The first-order chi connectivity index (χ1) is 11.7. The first-order valence-corrected chi connectivity index (χ1v) is 8.37. The maximum atomic E-state index is 12.6. The van der Waals surface area contributed by atoms with Crippen LogP contribution in [0.5, 0.6) is 0 Å². The Bertz CT molecular complexity index is 1040. The maximum Gasteiger partial charge on any atom is 0.441 e. The lowest BCUT2D eigenvalue weighted by molar-refractivity contribution is -0.0317. The predicted molar refractivity (Wildman–Crippen MR) is 76.1 cm³/mol. The SMILES string of the molecule is Cn1ncc2c1C(c1noc(=O)n1C)N1CC2N(OS(=O)(=O)O)C1=O. The van der Waals surface area contributed by atoms with Crippen molar-refractivity contribution in [2.24, 2.45) is 14.1 Å². The molecule has 0 aliphatic carbocycles. The average molecular weight is 372 g/mol. The molecule has 134 valence electrons. The minimum absolute atomic E-state index is 0.0543. The first kappa shape index (κ1) is 15.8. The number of rotatable bonds is 3. The van der Waals surface area contributed by atoms with Crippen molar-refractivity contribution in [1.29, 1.82) is 0 Å². The second kappa shape index (κ2) is 4.90. The first-order valence-electron chi connectivity index (χ1n) is 7.00. The Morgan fingerprint density at radius 3 is 2.68 bits per heavy atom.